The van der Waals surface area contributed by atoms with Crippen LogP contribution >= 0.6 is 0 Å². The normalized spacial score (nSPS) is 11.4. The number of allylic oxidation sites excluding steroid dienone is 1. The lowest BCUT2D eigenvalue weighted by Crippen LogP contribution is -2.13. The molecular weight excluding hydrogens is 354 g/mol. The first-order valence-corrected chi connectivity index (χ1v) is 9.54. The Labute approximate surface area is 167 Å². The van der Waals surface area contributed by atoms with Crippen molar-refractivity contribution >= 4 is 11.5 Å². The number of rotatable bonds is 10. The highest BCUT2D eigenvalue weighted by atomic mass is 16.5. The van der Waals surface area contributed by atoms with Gasteiger partial charge in [0.2, 0.25) is 0 Å². The summed E-state index contributed by atoms with van der Waals surface area (Å²) in [6.45, 7) is 9.69. The molecule has 2 aromatic rings. The van der Waals surface area contributed by atoms with Crippen LogP contribution in [-0.2, 0) is 11.2 Å². The van der Waals surface area contributed by atoms with Crippen molar-refractivity contribution < 1.29 is 19.4 Å². The molecule has 150 valence electrons. The molecule has 0 bridgehead atoms. The van der Waals surface area contributed by atoms with E-state index in [1.54, 1.807) is 18.2 Å². The Balaban J connectivity index is 2.20. The van der Waals surface area contributed by atoms with Gasteiger partial charge in [-0.25, -0.2) is 0 Å². The van der Waals surface area contributed by atoms with E-state index in [2.05, 4.69) is 19.2 Å². The van der Waals surface area contributed by atoms with Crippen LogP contribution in [0, 0.1) is 5.92 Å². The summed E-state index contributed by atoms with van der Waals surface area (Å²) >= 11 is 0. The molecule has 28 heavy (non-hydrogen) atoms. The fourth-order valence-corrected chi connectivity index (χ4v) is 2.69. The molecule has 0 atom stereocenters. The van der Waals surface area contributed by atoms with Gasteiger partial charge < -0.3 is 19.9 Å². The standard InChI is InChI=1S/C23H29NO4/c1-5-27-21-9-18(11-23(25)26)10-22(13-21)28-20-8-6-7-19(12-20)17(4)15-24-14-16(2)3/h6-10,12-13,15-16,24H,5,11,14H2,1-4H3,(H,25,26)/b17-15+. The minimum Gasteiger partial charge on any atom is -0.494 e. The first-order chi connectivity index (χ1) is 13.4. The van der Waals surface area contributed by atoms with E-state index in [4.69, 9.17) is 14.6 Å². The maximum absolute atomic E-state index is 11.1. The predicted octanol–water partition coefficient (Wildman–Crippen LogP) is 5.11. The summed E-state index contributed by atoms with van der Waals surface area (Å²) in [7, 11) is 0. The number of carboxylic acid groups (broad SMARTS) is 1. The molecule has 0 spiro atoms. The molecule has 0 heterocycles. The second kappa shape index (κ2) is 10.4. The molecule has 0 amide bonds. The maximum atomic E-state index is 11.1. The first-order valence-electron chi connectivity index (χ1n) is 9.54. The predicted molar refractivity (Wildman–Crippen MR) is 112 cm³/mol. The van der Waals surface area contributed by atoms with Gasteiger partial charge in [-0.15, -0.1) is 0 Å². The fraction of sp³-hybridized carbons (Fsp3) is 0.348. The van der Waals surface area contributed by atoms with Crippen molar-refractivity contribution in [2.24, 2.45) is 5.92 Å². The minimum absolute atomic E-state index is 0.0827. The molecule has 2 rings (SSSR count). The molecule has 0 aliphatic heterocycles. The molecule has 0 saturated heterocycles. The van der Waals surface area contributed by atoms with Crippen molar-refractivity contribution in [2.75, 3.05) is 13.2 Å². The Bertz CT molecular complexity index is 827. The van der Waals surface area contributed by atoms with E-state index in [-0.39, 0.29) is 6.42 Å². The maximum Gasteiger partial charge on any atom is 0.307 e. The molecule has 0 saturated carbocycles. The molecule has 0 aliphatic rings. The molecular formula is C23H29NO4. The van der Waals surface area contributed by atoms with Crippen molar-refractivity contribution in [1.29, 1.82) is 0 Å². The van der Waals surface area contributed by atoms with Crippen LogP contribution in [0.1, 0.15) is 38.8 Å². The Kier molecular flexibility index (Phi) is 7.93. The Morgan fingerprint density at radius 2 is 1.89 bits per heavy atom. The van der Waals surface area contributed by atoms with Gasteiger partial charge in [0.15, 0.2) is 0 Å². The molecule has 2 aromatic carbocycles. The van der Waals surface area contributed by atoms with Gasteiger partial charge >= 0.3 is 5.97 Å². The van der Waals surface area contributed by atoms with Crippen LogP contribution < -0.4 is 14.8 Å². The van der Waals surface area contributed by atoms with E-state index < -0.39 is 5.97 Å². The SMILES string of the molecule is CCOc1cc(CC(=O)O)cc(Oc2cccc(/C(C)=C/NCC(C)C)c2)c1. The average Bonchev–Trinajstić information content (AvgIpc) is 2.61. The number of aliphatic carboxylic acids is 1. The highest BCUT2D eigenvalue weighted by Gasteiger charge is 2.08. The molecule has 5 nitrogen and oxygen atoms in total. The van der Waals surface area contributed by atoms with Gasteiger partial charge in [-0.05, 0) is 66.9 Å². The number of nitrogens with one attached hydrogen (secondary N) is 1. The van der Waals surface area contributed by atoms with Crippen molar-refractivity contribution in [3.63, 3.8) is 0 Å². The summed E-state index contributed by atoms with van der Waals surface area (Å²) in [5.74, 6) is 1.52. The highest BCUT2D eigenvalue weighted by Crippen LogP contribution is 2.29. The van der Waals surface area contributed by atoms with Crippen LogP contribution in [0.2, 0.25) is 0 Å². The van der Waals surface area contributed by atoms with Crippen molar-refractivity contribution in [3.05, 3.63) is 59.8 Å². The number of carboxylic acids is 1. The van der Waals surface area contributed by atoms with Gasteiger partial charge in [0.1, 0.15) is 17.2 Å². The molecule has 0 radical (unpaired) electrons. The zero-order chi connectivity index (χ0) is 20.5. The monoisotopic (exact) mass is 383 g/mol. The summed E-state index contributed by atoms with van der Waals surface area (Å²) < 4.78 is 11.5. The number of benzene rings is 2. The lowest BCUT2D eigenvalue weighted by atomic mass is 10.1. The third kappa shape index (κ3) is 6.99. The van der Waals surface area contributed by atoms with Gasteiger partial charge in [-0.2, -0.15) is 0 Å². The fourth-order valence-electron chi connectivity index (χ4n) is 2.69. The van der Waals surface area contributed by atoms with E-state index in [1.807, 2.05) is 44.3 Å². The van der Waals surface area contributed by atoms with Crippen molar-refractivity contribution in [3.8, 4) is 17.2 Å². The topological polar surface area (TPSA) is 67.8 Å². The summed E-state index contributed by atoms with van der Waals surface area (Å²) in [6.07, 6.45) is 1.93. The van der Waals surface area contributed by atoms with Crippen LogP contribution in [0.15, 0.2) is 48.7 Å². The lowest BCUT2D eigenvalue weighted by molar-refractivity contribution is -0.136. The van der Waals surface area contributed by atoms with Crippen LogP contribution in [0.25, 0.3) is 5.57 Å². The summed E-state index contributed by atoms with van der Waals surface area (Å²) in [6, 6.07) is 13.0. The van der Waals surface area contributed by atoms with Crippen molar-refractivity contribution in [1.82, 2.24) is 5.32 Å². The van der Waals surface area contributed by atoms with Gasteiger partial charge in [0.25, 0.3) is 0 Å². The van der Waals surface area contributed by atoms with Crippen LogP contribution in [0.3, 0.4) is 0 Å². The van der Waals surface area contributed by atoms with Crippen LogP contribution in [0.5, 0.6) is 17.2 Å². The van der Waals surface area contributed by atoms with Crippen molar-refractivity contribution in [2.45, 2.75) is 34.1 Å². The third-order valence-corrected chi connectivity index (χ3v) is 3.98. The van der Waals surface area contributed by atoms with Gasteiger partial charge in [0.05, 0.1) is 13.0 Å². The number of ether oxygens (including phenoxy) is 2. The van der Waals surface area contributed by atoms with E-state index in [0.29, 0.717) is 35.3 Å². The Morgan fingerprint density at radius 3 is 2.57 bits per heavy atom. The molecule has 0 fully saturated rings. The second-order valence-corrected chi connectivity index (χ2v) is 7.08. The largest absolute Gasteiger partial charge is 0.494 e. The summed E-state index contributed by atoms with van der Waals surface area (Å²) in [5.41, 5.74) is 2.81. The van der Waals surface area contributed by atoms with Crippen LogP contribution in [0.4, 0.5) is 0 Å². The molecule has 0 aliphatic carbocycles. The van der Waals surface area contributed by atoms with Crippen LogP contribution in [-0.4, -0.2) is 24.2 Å². The van der Waals surface area contributed by atoms with E-state index in [1.165, 1.54) is 0 Å². The second-order valence-electron chi connectivity index (χ2n) is 7.08. The zero-order valence-corrected chi connectivity index (χ0v) is 17.0. The summed E-state index contributed by atoms with van der Waals surface area (Å²) in [5, 5.41) is 12.4. The van der Waals surface area contributed by atoms with E-state index in [9.17, 15) is 4.79 Å². The average molecular weight is 383 g/mol. The molecule has 2 N–H and O–H groups in total. The quantitative estimate of drug-likeness (QED) is 0.597. The van der Waals surface area contributed by atoms with Gasteiger partial charge in [-0.3, -0.25) is 4.79 Å². The smallest absolute Gasteiger partial charge is 0.307 e. The zero-order valence-electron chi connectivity index (χ0n) is 17.0. The molecule has 5 heteroatoms. The Hall–Kier alpha value is -2.95. The number of hydrogen-bond acceptors (Lipinski definition) is 4. The van der Waals surface area contributed by atoms with E-state index in [0.717, 1.165) is 17.7 Å². The first kappa shape index (κ1) is 21.4. The molecule has 0 unspecified atom stereocenters. The third-order valence-electron chi connectivity index (χ3n) is 3.98. The summed E-state index contributed by atoms with van der Waals surface area (Å²) in [4.78, 5) is 11.1. The highest BCUT2D eigenvalue weighted by molar-refractivity contribution is 5.70. The number of hydrogen-bond donors (Lipinski definition) is 2. The number of carbonyl (C=O) groups is 1. The lowest BCUT2D eigenvalue weighted by Gasteiger charge is -2.12. The molecule has 0 aromatic heterocycles. The van der Waals surface area contributed by atoms with Gasteiger partial charge in [0, 0.05) is 12.6 Å². The van der Waals surface area contributed by atoms with E-state index >= 15 is 0 Å². The minimum atomic E-state index is -0.892. The Morgan fingerprint density at radius 1 is 1.14 bits per heavy atom. The van der Waals surface area contributed by atoms with Gasteiger partial charge in [-0.1, -0.05) is 26.0 Å².